The van der Waals surface area contributed by atoms with Gasteiger partial charge in [0.05, 0.1) is 5.88 Å². The maximum Gasteiger partial charge on any atom is 0.246 e. The van der Waals surface area contributed by atoms with Gasteiger partial charge in [0.25, 0.3) is 0 Å². The van der Waals surface area contributed by atoms with Crippen LogP contribution in [0.5, 0.6) is 0 Å². The standard InChI is InChI=1S/C20H26N2O2S/c23-19(13-15-7-8-16-4-1-2-5-17(16)12-15)22-9-3-6-18(22)20(24)21-10-11-25-14-21/h1-2,4-5,15,18H,3,6-14H2/t15?,18-/m0/s1. The van der Waals surface area contributed by atoms with E-state index in [0.29, 0.717) is 12.3 Å². The van der Waals surface area contributed by atoms with Gasteiger partial charge in [-0.05, 0) is 49.1 Å². The van der Waals surface area contributed by atoms with E-state index in [4.69, 9.17) is 0 Å². The van der Waals surface area contributed by atoms with E-state index in [2.05, 4.69) is 24.3 Å². The molecule has 0 bridgehead atoms. The van der Waals surface area contributed by atoms with Gasteiger partial charge >= 0.3 is 0 Å². The molecule has 2 amide bonds. The molecule has 2 saturated heterocycles. The van der Waals surface area contributed by atoms with Crippen molar-refractivity contribution in [3.63, 3.8) is 0 Å². The molecule has 25 heavy (non-hydrogen) atoms. The summed E-state index contributed by atoms with van der Waals surface area (Å²) in [5.41, 5.74) is 2.83. The molecule has 2 fully saturated rings. The Balaban J connectivity index is 1.38. The first kappa shape index (κ1) is 17.0. The molecule has 0 N–H and O–H groups in total. The van der Waals surface area contributed by atoms with Crippen molar-refractivity contribution in [3.8, 4) is 0 Å². The number of fused-ring (bicyclic) bond motifs is 1. The highest BCUT2D eigenvalue weighted by Gasteiger charge is 2.37. The van der Waals surface area contributed by atoms with Gasteiger partial charge in [-0.15, -0.1) is 11.8 Å². The molecule has 1 aliphatic carbocycles. The van der Waals surface area contributed by atoms with Gasteiger partial charge in [-0.25, -0.2) is 0 Å². The van der Waals surface area contributed by atoms with Crippen LogP contribution in [-0.4, -0.2) is 52.4 Å². The summed E-state index contributed by atoms with van der Waals surface area (Å²) in [6, 6.07) is 8.38. The first-order valence-electron chi connectivity index (χ1n) is 9.45. The summed E-state index contributed by atoms with van der Waals surface area (Å²) >= 11 is 1.80. The fourth-order valence-electron chi connectivity index (χ4n) is 4.43. The number of carbonyl (C=O) groups excluding carboxylic acids is 2. The van der Waals surface area contributed by atoms with E-state index in [9.17, 15) is 9.59 Å². The third-order valence-corrected chi connectivity index (χ3v) is 6.80. The summed E-state index contributed by atoms with van der Waals surface area (Å²) in [6.07, 6.45) is 5.53. The predicted octanol–water partition coefficient (Wildman–Crippen LogP) is 2.71. The number of aryl methyl sites for hydroxylation is 1. The van der Waals surface area contributed by atoms with Crippen molar-refractivity contribution in [2.75, 3.05) is 24.7 Å². The van der Waals surface area contributed by atoms with Crippen molar-refractivity contribution < 1.29 is 9.59 Å². The van der Waals surface area contributed by atoms with Crippen LogP contribution in [-0.2, 0) is 22.4 Å². The molecule has 1 aromatic carbocycles. The van der Waals surface area contributed by atoms with E-state index < -0.39 is 0 Å². The Hall–Kier alpha value is -1.49. The van der Waals surface area contributed by atoms with Crippen LogP contribution in [0.3, 0.4) is 0 Å². The lowest BCUT2D eigenvalue weighted by Crippen LogP contribution is -2.47. The second kappa shape index (κ2) is 7.40. The van der Waals surface area contributed by atoms with E-state index in [-0.39, 0.29) is 17.9 Å². The van der Waals surface area contributed by atoms with Crippen molar-refractivity contribution in [1.29, 1.82) is 0 Å². The molecule has 0 saturated carbocycles. The number of hydrogen-bond acceptors (Lipinski definition) is 3. The Morgan fingerprint density at radius 1 is 1.12 bits per heavy atom. The minimum atomic E-state index is -0.206. The highest BCUT2D eigenvalue weighted by atomic mass is 32.2. The summed E-state index contributed by atoms with van der Waals surface area (Å²) in [5.74, 6) is 2.59. The monoisotopic (exact) mass is 358 g/mol. The lowest BCUT2D eigenvalue weighted by Gasteiger charge is -2.30. The van der Waals surface area contributed by atoms with Crippen LogP contribution in [0.15, 0.2) is 24.3 Å². The predicted molar refractivity (Wildman–Crippen MR) is 100 cm³/mol. The molecule has 1 aromatic rings. The van der Waals surface area contributed by atoms with E-state index in [0.717, 1.165) is 56.8 Å². The van der Waals surface area contributed by atoms with Crippen molar-refractivity contribution in [2.24, 2.45) is 5.92 Å². The summed E-state index contributed by atoms with van der Waals surface area (Å²) < 4.78 is 0. The number of hydrogen-bond donors (Lipinski definition) is 0. The van der Waals surface area contributed by atoms with Gasteiger partial charge in [0.15, 0.2) is 0 Å². The van der Waals surface area contributed by atoms with Gasteiger partial charge in [0.1, 0.15) is 6.04 Å². The molecule has 0 spiro atoms. The number of benzene rings is 1. The highest BCUT2D eigenvalue weighted by molar-refractivity contribution is 7.99. The van der Waals surface area contributed by atoms with Crippen LogP contribution in [0.4, 0.5) is 0 Å². The Bertz CT molecular complexity index is 657. The van der Waals surface area contributed by atoms with Crippen LogP contribution < -0.4 is 0 Å². The number of rotatable bonds is 3. The molecule has 3 aliphatic rings. The Kier molecular flexibility index (Phi) is 5.02. The second-order valence-corrected chi connectivity index (χ2v) is 8.54. The van der Waals surface area contributed by atoms with Gasteiger partial charge in [-0.1, -0.05) is 24.3 Å². The quantitative estimate of drug-likeness (QED) is 0.834. The minimum absolute atomic E-state index is 0.171. The molecule has 4 nitrogen and oxygen atoms in total. The van der Waals surface area contributed by atoms with Gasteiger partial charge in [0.2, 0.25) is 11.8 Å². The van der Waals surface area contributed by atoms with Gasteiger partial charge < -0.3 is 9.80 Å². The van der Waals surface area contributed by atoms with E-state index in [1.807, 2.05) is 9.80 Å². The van der Waals surface area contributed by atoms with Crippen molar-refractivity contribution in [1.82, 2.24) is 9.80 Å². The number of carbonyl (C=O) groups is 2. The summed E-state index contributed by atoms with van der Waals surface area (Å²) in [6.45, 7) is 1.58. The maximum atomic E-state index is 12.9. The first-order valence-corrected chi connectivity index (χ1v) is 10.6. The molecule has 0 radical (unpaired) electrons. The second-order valence-electron chi connectivity index (χ2n) is 7.47. The largest absolute Gasteiger partial charge is 0.331 e. The van der Waals surface area contributed by atoms with Crippen LogP contribution in [0.2, 0.25) is 0 Å². The van der Waals surface area contributed by atoms with Crippen LogP contribution in [0.25, 0.3) is 0 Å². The Morgan fingerprint density at radius 2 is 1.96 bits per heavy atom. The van der Waals surface area contributed by atoms with E-state index in [1.54, 1.807) is 11.8 Å². The number of thioether (sulfide) groups is 1. The molecular weight excluding hydrogens is 332 g/mol. The molecule has 0 aromatic heterocycles. The van der Waals surface area contributed by atoms with Crippen molar-refractivity contribution in [2.45, 2.75) is 44.6 Å². The fraction of sp³-hybridized carbons (Fsp3) is 0.600. The van der Waals surface area contributed by atoms with Crippen molar-refractivity contribution in [3.05, 3.63) is 35.4 Å². The lowest BCUT2D eigenvalue weighted by molar-refractivity contribution is -0.143. The maximum absolute atomic E-state index is 12.9. The molecule has 2 heterocycles. The van der Waals surface area contributed by atoms with Gasteiger partial charge in [0, 0.05) is 25.3 Å². The molecular formula is C20H26N2O2S. The molecule has 1 unspecified atom stereocenters. The normalized spacial score (nSPS) is 25.9. The summed E-state index contributed by atoms with van der Waals surface area (Å²) in [7, 11) is 0. The molecule has 134 valence electrons. The van der Waals surface area contributed by atoms with E-state index >= 15 is 0 Å². The van der Waals surface area contributed by atoms with Crippen molar-refractivity contribution >= 4 is 23.6 Å². The van der Waals surface area contributed by atoms with Gasteiger partial charge in [-0.2, -0.15) is 0 Å². The molecule has 2 atom stereocenters. The molecule has 2 aliphatic heterocycles. The Labute approximate surface area is 153 Å². The zero-order valence-electron chi connectivity index (χ0n) is 14.7. The summed E-state index contributed by atoms with van der Waals surface area (Å²) in [5, 5.41) is 0. The topological polar surface area (TPSA) is 40.6 Å². The third-order valence-electron chi connectivity index (χ3n) is 5.83. The zero-order valence-corrected chi connectivity index (χ0v) is 15.5. The van der Waals surface area contributed by atoms with E-state index in [1.165, 1.54) is 11.1 Å². The lowest BCUT2D eigenvalue weighted by atomic mass is 9.82. The van der Waals surface area contributed by atoms with Crippen LogP contribution in [0, 0.1) is 5.92 Å². The fourth-order valence-corrected chi connectivity index (χ4v) is 5.39. The third kappa shape index (κ3) is 3.57. The number of likely N-dealkylation sites (tertiary alicyclic amines) is 1. The zero-order chi connectivity index (χ0) is 17.2. The first-order chi connectivity index (χ1) is 12.2. The van der Waals surface area contributed by atoms with Crippen LogP contribution in [0.1, 0.15) is 36.8 Å². The SMILES string of the molecule is O=C([C@@H]1CCCN1C(=O)CC1CCc2ccccc2C1)N1CCSC1. The molecule has 5 heteroatoms. The highest BCUT2D eigenvalue weighted by Crippen LogP contribution is 2.30. The van der Waals surface area contributed by atoms with Gasteiger partial charge in [-0.3, -0.25) is 9.59 Å². The minimum Gasteiger partial charge on any atom is -0.331 e. The number of nitrogens with zero attached hydrogens (tertiary/aromatic N) is 2. The number of amides is 2. The average molecular weight is 359 g/mol. The van der Waals surface area contributed by atoms with Crippen LogP contribution >= 0.6 is 11.8 Å². The smallest absolute Gasteiger partial charge is 0.246 e. The average Bonchev–Trinajstić information content (AvgIpc) is 3.33. The molecule has 4 rings (SSSR count). The summed E-state index contributed by atoms with van der Waals surface area (Å²) in [4.78, 5) is 29.5. The Morgan fingerprint density at radius 3 is 2.76 bits per heavy atom.